The summed E-state index contributed by atoms with van der Waals surface area (Å²) in [6.07, 6.45) is 6.99. The number of likely N-dealkylation sites (tertiary alicyclic amines) is 1. The fourth-order valence-electron chi connectivity index (χ4n) is 2.12. The lowest BCUT2D eigenvalue weighted by Crippen LogP contribution is -2.21. The first-order valence-electron chi connectivity index (χ1n) is 6.59. The van der Waals surface area contributed by atoms with Crippen molar-refractivity contribution in [3.8, 4) is 0 Å². The molecule has 1 saturated heterocycles. The molecule has 0 aromatic rings. The van der Waals surface area contributed by atoms with Crippen molar-refractivity contribution in [3.63, 3.8) is 0 Å². The highest BCUT2D eigenvalue weighted by atomic mass is 16.5. The normalized spacial score (nSPS) is 21.2. The Labute approximate surface area is 99.1 Å². The SMILES string of the molecule is CCCCCCCOC(=O)C1CCN(C)C1. The van der Waals surface area contributed by atoms with Crippen molar-refractivity contribution in [2.45, 2.75) is 45.4 Å². The van der Waals surface area contributed by atoms with Crippen molar-refractivity contribution in [2.75, 3.05) is 26.7 Å². The molecule has 1 atom stereocenters. The molecule has 0 bridgehead atoms. The van der Waals surface area contributed by atoms with Crippen molar-refractivity contribution in [2.24, 2.45) is 5.92 Å². The average molecular weight is 227 g/mol. The fourth-order valence-corrected chi connectivity index (χ4v) is 2.12. The van der Waals surface area contributed by atoms with Crippen molar-refractivity contribution >= 4 is 5.97 Å². The van der Waals surface area contributed by atoms with Gasteiger partial charge < -0.3 is 9.64 Å². The molecule has 1 unspecified atom stereocenters. The summed E-state index contributed by atoms with van der Waals surface area (Å²) in [6, 6.07) is 0. The summed E-state index contributed by atoms with van der Waals surface area (Å²) in [4.78, 5) is 13.8. The maximum absolute atomic E-state index is 11.6. The lowest BCUT2D eigenvalue weighted by Gasteiger charge is -2.10. The van der Waals surface area contributed by atoms with Crippen molar-refractivity contribution in [1.82, 2.24) is 4.90 Å². The number of hydrogen-bond donors (Lipinski definition) is 0. The van der Waals surface area contributed by atoms with Gasteiger partial charge in [0.15, 0.2) is 0 Å². The zero-order valence-corrected chi connectivity index (χ0v) is 10.7. The standard InChI is InChI=1S/C13H25NO2/c1-3-4-5-6-7-10-16-13(15)12-8-9-14(2)11-12/h12H,3-11H2,1-2H3. The number of unbranched alkanes of at least 4 members (excludes halogenated alkanes) is 4. The molecule has 0 amide bonds. The van der Waals surface area contributed by atoms with Gasteiger partial charge in [-0.3, -0.25) is 4.79 Å². The van der Waals surface area contributed by atoms with E-state index < -0.39 is 0 Å². The molecule has 1 rings (SSSR count). The van der Waals surface area contributed by atoms with E-state index in [-0.39, 0.29) is 11.9 Å². The van der Waals surface area contributed by atoms with Gasteiger partial charge >= 0.3 is 5.97 Å². The predicted octanol–water partition coefficient (Wildman–Crippen LogP) is 2.45. The van der Waals surface area contributed by atoms with Gasteiger partial charge in [-0.15, -0.1) is 0 Å². The highest BCUT2D eigenvalue weighted by Gasteiger charge is 2.27. The maximum Gasteiger partial charge on any atom is 0.310 e. The minimum atomic E-state index is 0.0137. The van der Waals surface area contributed by atoms with E-state index in [0.29, 0.717) is 6.61 Å². The van der Waals surface area contributed by atoms with E-state index in [2.05, 4.69) is 18.9 Å². The first kappa shape index (κ1) is 13.5. The molecule has 0 spiro atoms. The number of nitrogens with zero attached hydrogens (tertiary/aromatic N) is 1. The first-order chi connectivity index (χ1) is 7.74. The van der Waals surface area contributed by atoms with Crippen LogP contribution in [0, 0.1) is 5.92 Å². The Kier molecular flexibility index (Phi) is 6.46. The summed E-state index contributed by atoms with van der Waals surface area (Å²) in [7, 11) is 2.05. The molecule has 3 nitrogen and oxygen atoms in total. The van der Waals surface area contributed by atoms with Crippen LogP contribution in [0.25, 0.3) is 0 Å². The second-order valence-electron chi connectivity index (χ2n) is 4.83. The van der Waals surface area contributed by atoms with Crippen LogP contribution in [-0.4, -0.2) is 37.6 Å². The molecular weight excluding hydrogens is 202 g/mol. The predicted molar refractivity (Wildman–Crippen MR) is 65.3 cm³/mol. The minimum Gasteiger partial charge on any atom is -0.465 e. The molecular formula is C13H25NO2. The second-order valence-corrected chi connectivity index (χ2v) is 4.83. The van der Waals surface area contributed by atoms with Crippen LogP contribution in [0.4, 0.5) is 0 Å². The Bertz CT molecular complexity index is 206. The lowest BCUT2D eigenvalue weighted by molar-refractivity contribution is -0.148. The Morgan fingerprint density at radius 2 is 2.06 bits per heavy atom. The molecule has 1 aliphatic heterocycles. The minimum absolute atomic E-state index is 0.0137. The van der Waals surface area contributed by atoms with Gasteiger partial charge in [0.05, 0.1) is 12.5 Å². The number of hydrogen-bond acceptors (Lipinski definition) is 3. The summed E-state index contributed by atoms with van der Waals surface area (Å²) in [6.45, 7) is 4.71. The molecule has 3 heteroatoms. The van der Waals surface area contributed by atoms with Gasteiger partial charge in [-0.1, -0.05) is 32.6 Å². The molecule has 0 radical (unpaired) electrons. The molecule has 1 aliphatic rings. The van der Waals surface area contributed by atoms with E-state index >= 15 is 0 Å². The maximum atomic E-state index is 11.6. The third kappa shape index (κ3) is 4.97. The lowest BCUT2D eigenvalue weighted by atomic mass is 10.1. The number of carbonyl (C=O) groups is 1. The van der Waals surface area contributed by atoms with E-state index in [1.807, 2.05) is 0 Å². The van der Waals surface area contributed by atoms with Crippen LogP contribution >= 0.6 is 0 Å². The van der Waals surface area contributed by atoms with Gasteiger partial charge in [0.2, 0.25) is 0 Å². The smallest absolute Gasteiger partial charge is 0.310 e. The third-order valence-corrected chi connectivity index (χ3v) is 3.22. The molecule has 0 aliphatic carbocycles. The van der Waals surface area contributed by atoms with Crippen LogP contribution in [0.5, 0.6) is 0 Å². The molecule has 0 aromatic heterocycles. The molecule has 94 valence electrons. The summed E-state index contributed by atoms with van der Waals surface area (Å²) >= 11 is 0. The molecule has 0 saturated carbocycles. The van der Waals surface area contributed by atoms with Crippen LogP contribution < -0.4 is 0 Å². The van der Waals surface area contributed by atoms with E-state index in [9.17, 15) is 4.79 Å². The molecule has 1 fully saturated rings. The van der Waals surface area contributed by atoms with Gasteiger partial charge in [-0.05, 0) is 26.4 Å². The van der Waals surface area contributed by atoms with Gasteiger partial charge in [-0.2, -0.15) is 0 Å². The van der Waals surface area contributed by atoms with Crippen LogP contribution in [0.3, 0.4) is 0 Å². The number of esters is 1. The molecule has 1 heterocycles. The Hall–Kier alpha value is -0.570. The van der Waals surface area contributed by atoms with Crippen LogP contribution in [0.15, 0.2) is 0 Å². The zero-order chi connectivity index (χ0) is 11.8. The second kappa shape index (κ2) is 7.66. The summed E-state index contributed by atoms with van der Waals surface area (Å²) in [5.41, 5.74) is 0. The molecule has 0 N–H and O–H groups in total. The van der Waals surface area contributed by atoms with Gasteiger partial charge in [-0.25, -0.2) is 0 Å². The van der Waals surface area contributed by atoms with Crippen LogP contribution in [-0.2, 0) is 9.53 Å². The summed E-state index contributed by atoms with van der Waals surface area (Å²) in [5.74, 6) is 0.139. The van der Waals surface area contributed by atoms with E-state index in [1.54, 1.807) is 0 Å². The van der Waals surface area contributed by atoms with E-state index in [1.165, 1.54) is 25.7 Å². The fraction of sp³-hybridized carbons (Fsp3) is 0.923. The topological polar surface area (TPSA) is 29.5 Å². The zero-order valence-electron chi connectivity index (χ0n) is 10.7. The Morgan fingerprint density at radius 3 is 2.69 bits per heavy atom. The van der Waals surface area contributed by atoms with Crippen LogP contribution in [0.2, 0.25) is 0 Å². The van der Waals surface area contributed by atoms with Gasteiger partial charge in [0.25, 0.3) is 0 Å². The highest BCUT2D eigenvalue weighted by Crippen LogP contribution is 2.16. The Balaban J connectivity index is 1.98. The van der Waals surface area contributed by atoms with Crippen LogP contribution in [0.1, 0.15) is 45.4 Å². The van der Waals surface area contributed by atoms with E-state index in [4.69, 9.17) is 4.74 Å². The Morgan fingerprint density at radius 1 is 1.31 bits per heavy atom. The van der Waals surface area contributed by atoms with Crippen molar-refractivity contribution in [1.29, 1.82) is 0 Å². The quantitative estimate of drug-likeness (QED) is 0.494. The van der Waals surface area contributed by atoms with Gasteiger partial charge in [0, 0.05) is 6.54 Å². The number of rotatable bonds is 7. The first-order valence-corrected chi connectivity index (χ1v) is 6.59. The van der Waals surface area contributed by atoms with Crippen molar-refractivity contribution < 1.29 is 9.53 Å². The third-order valence-electron chi connectivity index (χ3n) is 3.22. The molecule has 0 aromatic carbocycles. The molecule has 16 heavy (non-hydrogen) atoms. The largest absolute Gasteiger partial charge is 0.465 e. The number of carbonyl (C=O) groups excluding carboxylic acids is 1. The monoisotopic (exact) mass is 227 g/mol. The summed E-state index contributed by atoms with van der Waals surface area (Å²) < 4.78 is 5.29. The average Bonchev–Trinajstić information content (AvgIpc) is 2.70. The highest BCUT2D eigenvalue weighted by molar-refractivity contribution is 5.73. The summed E-state index contributed by atoms with van der Waals surface area (Å²) in [5, 5.41) is 0. The van der Waals surface area contributed by atoms with Crippen molar-refractivity contribution in [3.05, 3.63) is 0 Å². The van der Waals surface area contributed by atoms with E-state index in [0.717, 1.165) is 25.9 Å². The van der Waals surface area contributed by atoms with Gasteiger partial charge in [0.1, 0.15) is 0 Å². The number of ether oxygens (including phenoxy) is 1.